The van der Waals surface area contributed by atoms with Crippen LogP contribution < -0.4 is 10.6 Å². The number of nitrogens with zero attached hydrogens (tertiary/aromatic N) is 2. The lowest BCUT2D eigenvalue weighted by Crippen LogP contribution is -2.06. The number of aromatic nitrogens is 2. The Balaban J connectivity index is 1.80. The van der Waals surface area contributed by atoms with Crippen molar-refractivity contribution in [3.05, 3.63) is 12.4 Å². The van der Waals surface area contributed by atoms with Gasteiger partial charge >= 0.3 is 0 Å². The largest absolute Gasteiger partial charge is 0.369 e. The van der Waals surface area contributed by atoms with E-state index in [9.17, 15) is 0 Å². The summed E-state index contributed by atoms with van der Waals surface area (Å²) in [5.41, 5.74) is 0. The molecule has 4 nitrogen and oxygen atoms in total. The Hall–Kier alpha value is -1.32. The number of anilines is 2. The van der Waals surface area contributed by atoms with Crippen LogP contribution in [-0.4, -0.2) is 23.1 Å². The standard InChI is InChI=1S/C11H18N4/c1-2-13-10-7-12-8-11(15-10)14-6-5-9-3-4-9/h7-9H,2-6H2,1H3,(H2,13,14,15). The maximum Gasteiger partial charge on any atom is 0.146 e. The minimum absolute atomic E-state index is 0.842. The number of hydrogen-bond donors (Lipinski definition) is 2. The molecule has 0 aliphatic heterocycles. The zero-order valence-corrected chi connectivity index (χ0v) is 9.16. The van der Waals surface area contributed by atoms with Crippen LogP contribution in [0, 0.1) is 5.92 Å². The van der Waals surface area contributed by atoms with Crippen molar-refractivity contribution in [1.29, 1.82) is 0 Å². The molecule has 0 radical (unpaired) electrons. The fraction of sp³-hybridized carbons (Fsp3) is 0.636. The van der Waals surface area contributed by atoms with Crippen molar-refractivity contribution in [2.24, 2.45) is 5.92 Å². The average Bonchev–Trinajstić information content (AvgIpc) is 3.03. The highest BCUT2D eigenvalue weighted by Crippen LogP contribution is 2.31. The molecule has 0 saturated heterocycles. The van der Waals surface area contributed by atoms with E-state index in [4.69, 9.17) is 0 Å². The van der Waals surface area contributed by atoms with E-state index in [1.54, 1.807) is 12.4 Å². The normalized spacial score (nSPS) is 15.0. The summed E-state index contributed by atoms with van der Waals surface area (Å²) in [5.74, 6) is 2.67. The minimum Gasteiger partial charge on any atom is -0.369 e. The van der Waals surface area contributed by atoms with Crippen LogP contribution in [0.25, 0.3) is 0 Å². The Morgan fingerprint density at radius 2 is 2.00 bits per heavy atom. The summed E-state index contributed by atoms with van der Waals surface area (Å²) in [7, 11) is 0. The molecule has 0 amide bonds. The highest BCUT2D eigenvalue weighted by molar-refractivity contribution is 5.41. The molecule has 4 heteroatoms. The van der Waals surface area contributed by atoms with E-state index in [-0.39, 0.29) is 0 Å². The molecule has 1 aliphatic carbocycles. The first-order valence-corrected chi connectivity index (χ1v) is 5.68. The van der Waals surface area contributed by atoms with Crippen molar-refractivity contribution >= 4 is 11.6 Å². The molecule has 0 unspecified atom stereocenters. The van der Waals surface area contributed by atoms with Gasteiger partial charge in [0.2, 0.25) is 0 Å². The Kier molecular flexibility index (Phi) is 3.37. The molecule has 0 spiro atoms. The predicted molar refractivity (Wildman–Crippen MR) is 62.0 cm³/mol. The maximum atomic E-state index is 4.40. The van der Waals surface area contributed by atoms with Gasteiger partial charge in [0, 0.05) is 13.1 Å². The molecular weight excluding hydrogens is 188 g/mol. The molecule has 2 N–H and O–H groups in total. The molecule has 2 rings (SSSR count). The molecule has 1 aromatic heterocycles. The Labute approximate surface area is 90.5 Å². The van der Waals surface area contributed by atoms with Crippen molar-refractivity contribution in [1.82, 2.24) is 9.97 Å². The second kappa shape index (κ2) is 4.96. The van der Waals surface area contributed by atoms with Gasteiger partial charge in [-0.15, -0.1) is 0 Å². The fourth-order valence-corrected chi connectivity index (χ4v) is 1.53. The van der Waals surface area contributed by atoms with Crippen molar-refractivity contribution in [2.45, 2.75) is 26.2 Å². The Morgan fingerprint density at radius 1 is 1.27 bits per heavy atom. The van der Waals surface area contributed by atoms with Gasteiger partial charge in [-0.25, -0.2) is 4.98 Å². The van der Waals surface area contributed by atoms with E-state index in [0.29, 0.717) is 0 Å². The van der Waals surface area contributed by atoms with E-state index in [1.165, 1.54) is 19.3 Å². The van der Waals surface area contributed by atoms with Crippen molar-refractivity contribution in [3.63, 3.8) is 0 Å². The van der Waals surface area contributed by atoms with Gasteiger partial charge in [-0.05, 0) is 19.3 Å². The molecule has 1 heterocycles. The molecule has 0 aromatic carbocycles. The van der Waals surface area contributed by atoms with Gasteiger partial charge in [-0.2, -0.15) is 0 Å². The number of hydrogen-bond acceptors (Lipinski definition) is 4. The summed E-state index contributed by atoms with van der Waals surface area (Å²) in [4.78, 5) is 8.52. The third-order valence-electron chi connectivity index (χ3n) is 2.55. The first-order chi connectivity index (χ1) is 7.38. The summed E-state index contributed by atoms with van der Waals surface area (Å²) in [6.45, 7) is 3.93. The molecule has 1 saturated carbocycles. The molecule has 82 valence electrons. The molecule has 15 heavy (non-hydrogen) atoms. The summed E-state index contributed by atoms with van der Waals surface area (Å²) < 4.78 is 0. The zero-order chi connectivity index (χ0) is 10.5. The van der Waals surface area contributed by atoms with Crippen molar-refractivity contribution < 1.29 is 0 Å². The van der Waals surface area contributed by atoms with Crippen LogP contribution in [-0.2, 0) is 0 Å². The van der Waals surface area contributed by atoms with Gasteiger partial charge in [-0.3, -0.25) is 4.98 Å². The molecule has 1 fully saturated rings. The second-order valence-corrected chi connectivity index (χ2v) is 3.98. The smallest absolute Gasteiger partial charge is 0.146 e. The second-order valence-electron chi connectivity index (χ2n) is 3.98. The molecule has 1 aromatic rings. The third kappa shape index (κ3) is 3.38. The van der Waals surface area contributed by atoms with Crippen LogP contribution in [0.15, 0.2) is 12.4 Å². The van der Waals surface area contributed by atoms with Crippen LogP contribution in [0.4, 0.5) is 11.6 Å². The van der Waals surface area contributed by atoms with E-state index < -0.39 is 0 Å². The predicted octanol–water partition coefficient (Wildman–Crippen LogP) is 2.12. The van der Waals surface area contributed by atoms with E-state index in [0.717, 1.165) is 30.6 Å². The van der Waals surface area contributed by atoms with E-state index in [1.807, 2.05) is 0 Å². The summed E-state index contributed by atoms with van der Waals surface area (Å²) in [6.07, 6.45) is 7.59. The van der Waals surface area contributed by atoms with Crippen LogP contribution in [0.5, 0.6) is 0 Å². The van der Waals surface area contributed by atoms with Gasteiger partial charge in [0.15, 0.2) is 0 Å². The lowest BCUT2D eigenvalue weighted by Gasteiger charge is -2.06. The third-order valence-corrected chi connectivity index (χ3v) is 2.55. The Morgan fingerprint density at radius 3 is 2.67 bits per heavy atom. The quantitative estimate of drug-likeness (QED) is 0.748. The van der Waals surface area contributed by atoms with Crippen LogP contribution in [0.3, 0.4) is 0 Å². The Bertz CT molecular complexity index is 309. The fourth-order valence-electron chi connectivity index (χ4n) is 1.53. The van der Waals surface area contributed by atoms with Gasteiger partial charge in [0.1, 0.15) is 11.6 Å². The SMILES string of the molecule is CCNc1cncc(NCCC2CC2)n1. The monoisotopic (exact) mass is 206 g/mol. The number of rotatable bonds is 6. The molecule has 0 bridgehead atoms. The van der Waals surface area contributed by atoms with Crippen LogP contribution in [0.2, 0.25) is 0 Å². The zero-order valence-electron chi connectivity index (χ0n) is 9.16. The summed E-state index contributed by atoms with van der Waals surface area (Å²) >= 11 is 0. The first-order valence-electron chi connectivity index (χ1n) is 5.68. The van der Waals surface area contributed by atoms with Crippen LogP contribution in [0.1, 0.15) is 26.2 Å². The van der Waals surface area contributed by atoms with E-state index >= 15 is 0 Å². The summed E-state index contributed by atoms with van der Waals surface area (Å²) in [6, 6.07) is 0. The minimum atomic E-state index is 0.842. The van der Waals surface area contributed by atoms with Crippen molar-refractivity contribution in [2.75, 3.05) is 23.7 Å². The molecule has 1 aliphatic rings. The highest BCUT2D eigenvalue weighted by atomic mass is 15.1. The molecule has 0 atom stereocenters. The lowest BCUT2D eigenvalue weighted by molar-refractivity contribution is 0.758. The topological polar surface area (TPSA) is 49.8 Å². The van der Waals surface area contributed by atoms with Crippen molar-refractivity contribution in [3.8, 4) is 0 Å². The maximum absolute atomic E-state index is 4.40. The van der Waals surface area contributed by atoms with Gasteiger partial charge in [0.25, 0.3) is 0 Å². The van der Waals surface area contributed by atoms with Crippen LogP contribution >= 0.6 is 0 Å². The van der Waals surface area contributed by atoms with Gasteiger partial charge in [0.05, 0.1) is 12.4 Å². The summed E-state index contributed by atoms with van der Waals surface area (Å²) in [5, 5.41) is 6.45. The average molecular weight is 206 g/mol. The lowest BCUT2D eigenvalue weighted by atomic mass is 10.3. The van der Waals surface area contributed by atoms with Gasteiger partial charge < -0.3 is 10.6 Å². The van der Waals surface area contributed by atoms with Gasteiger partial charge in [-0.1, -0.05) is 12.8 Å². The number of nitrogens with one attached hydrogen (secondary N) is 2. The molecular formula is C11H18N4. The first kappa shape index (κ1) is 10.2. The highest BCUT2D eigenvalue weighted by Gasteiger charge is 2.20. The van der Waals surface area contributed by atoms with E-state index in [2.05, 4.69) is 27.5 Å².